The first-order valence-electron chi connectivity index (χ1n) is 11.6. The van der Waals surface area contributed by atoms with E-state index in [9.17, 15) is 19.1 Å². The molecule has 1 unspecified atom stereocenters. The second-order valence-electron chi connectivity index (χ2n) is 8.70. The number of thioether (sulfide) groups is 1. The van der Waals surface area contributed by atoms with Gasteiger partial charge in [-0.2, -0.15) is 11.8 Å². The van der Waals surface area contributed by atoms with Crippen LogP contribution in [0.3, 0.4) is 0 Å². The second kappa shape index (κ2) is 11.8. The number of carbonyl (C=O) groups excluding carboxylic acids is 1. The fourth-order valence-electron chi connectivity index (χ4n) is 4.49. The number of carboxylic acid groups (broad SMARTS) is 1. The maximum absolute atomic E-state index is 14.0. The summed E-state index contributed by atoms with van der Waals surface area (Å²) in [6.45, 7) is 3.74. The number of halogens is 3. The summed E-state index contributed by atoms with van der Waals surface area (Å²) in [5.41, 5.74) is 2.51. The summed E-state index contributed by atoms with van der Waals surface area (Å²) in [6.07, 6.45) is 0.0752. The number of carbonyl (C=O) groups is 2. The van der Waals surface area contributed by atoms with E-state index in [4.69, 9.17) is 16.6 Å². The molecule has 36 heavy (non-hydrogen) atoms. The number of fused-ring (bicyclic) bond motifs is 1. The number of benzene rings is 2. The number of aromatic nitrogens is 1. The van der Waals surface area contributed by atoms with Gasteiger partial charge in [0.05, 0.1) is 11.1 Å². The largest absolute Gasteiger partial charge is 0.481 e. The molecule has 10 heteroatoms. The van der Waals surface area contributed by atoms with Crippen molar-refractivity contribution in [1.29, 1.82) is 0 Å². The second-order valence-corrected chi connectivity index (χ2v) is 11.2. The van der Waals surface area contributed by atoms with Gasteiger partial charge in [-0.15, -0.1) is 0 Å². The van der Waals surface area contributed by atoms with Crippen LogP contribution in [0.2, 0.25) is 5.02 Å². The first-order valence-corrected chi connectivity index (χ1v) is 13.9. The first-order chi connectivity index (χ1) is 17.2. The zero-order valence-corrected chi connectivity index (χ0v) is 22.8. The molecule has 6 nitrogen and oxygen atoms in total. The Morgan fingerprint density at radius 2 is 2.00 bits per heavy atom. The van der Waals surface area contributed by atoms with Crippen molar-refractivity contribution in [3.05, 3.63) is 68.4 Å². The van der Waals surface area contributed by atoms with Crippen molar-refractivity contribution < 1.29 is 19.1 Å². The van der Waals surface area contributed by atoms with Crippen LogP contribution in [0.25, 0.3) is 10.9 Å². The van der Waals surface area contributed by atoms with Crippen molar-refractivity contribution >= 4 is 67.9 Å². The minimum absolute atomic E-state index is 0.113. The maximum Gasteiger partial charge on any atom is 0.303 e. The molecule has 2 aromatic carbocycles. The molecule has 3 aromatic rings. The van der Waals surface area contributed by atoms with Crippen LogP contribution in [0.15, 0.2) is 40.9 Å². The number of nitrogens with zero attached hydrogens (tertiary/aromatic N) is 2. The molecule has 1 aromatic heterocycles. The van der Waals surface area contributed by atoms with Gasteiger partial charge in [0, 0.05) is 63.9 Å². The number of nitrogens with one attached hydrogen (secondary N) is 1. The van der Waals surface area contributed by atoms with Crippen LogP contribution < -0.4 is 10.2 Å². The number of hydrogen-bond acceptors (Lipinski definition) is 5. The van der Waals surface area contributed by atoms with E-state index in [0.29, 0.717) is 16.1 Å². The van der Waals surface area contributed by atoms with Crippen molar-refractivity contribution in [2.75, 3.05) is 36.0 Å². The smallest absolute Gasteiger partial charge is 0.303 e. The molecule has 4 rings (SSSR count). The summed E-state index contributed by atoms with van der Waals surface area (Å²) in [7, 11) is 0. The molecule has 1 aliphatic rings. The predicted octanol–water partition coefficient (Wildman–Crippen LogP) is 6.03. The van der Waals surface area contributed by atoms with Crippen molar-refractivity contribution in [3.8, 4) is 0 Å². The zero-order chi connectivity index (χ0) is 25.8. The highest BCUT2D eigenvalue weighted by atomic mass is 79.9. The van der Waals surface area contributed by atoms with Crippen molar-refractivity contribution in [3.63, 3.8) is 0 Å². The highest BCUT2D eigenvalue weighted by molar-refractivity contribution is 9.10. The molecule has 0 radical (unpaired) electrons. The fraction of sp³-hybridized carbons (Fsp3) is 0.346. The minimum Gasteiger partial charge on any atom is -0.481 e. The summed E-state index contributed by atoms with van der Waals surface area (Å²) in [5, 5.41) is 13.2. The van der Waals surface area contributed by atoms with Crippen molar-refractivity contribution in [1.82, 2.24) is 10.3 Å². The molecule has 1 aliphatic heterocycles. The van der Waals surface area contributed by atoms with E-state index in [1.807, 2.05) is 36.9 Å². The minimum atomic E-state index is -0.969. The van der Waals surface area contributed by atoms with Crippen molar-refractivity contribution in [2.45, 2.75) is 25.7 Å². The van der Waals surface area contributed by atoms with Gasteiger partial charge >= 0.3 is 5.97 Å². The summed E-state index contributed by atoms with van der Waals surface area (Å²) in [5.74, 6) is 0.605. The predicted molar refractivity (Wildman–Crippen MR) is 147 cm³/mol. The average molecular weight is 595 g/mol. The van der Waals surface area contributed by atoms with E-state index in [-0.39, 0.29) is 25.3 Å². The number of hydrogen-bond donors (Lipinski definition) is 2. The van der Waals surface area contributed by atoms with Crippen LogP contribution in [0.1, 0.15) is 40.2 Å². The molecular formula is C26H26BrClFN3O3S. The fourth-order valence-corrected chi connectivity index (χ4v) is 6.03. The quantitative estimate of drug-likeness (QED) is 0.331. The van der Waals surface area contributed by atoms with Crippen LogP contribution >= 0.6 is 39.3 Å². The van der Waals surface area contributed by atoms with Crippen LogP contribution in [-0.2, 0) is 4.79 Å². The van der Waals surface area contributed by atoms with Gasteiger partial charge in [0.2, 0.25) is 0 Å². The van der Waals surface area contributed by atoms with E-state index < -0.39 is 17.7 Å². The van der Waals surface area contributed by atoms with E-state index in [1.165, 1.54) is 18.2 Å². The van der Waals surface area contributed by atoms with E-state index >= 15 is 0 Å². The Morgan fingerprint density at radius 3 is 2.72 bits per heavy atom. The molecule has 2 heterocycles. The highest BCUT2D eigenvalue weighted by Gasteiger charge is 2.24. The molecule has 1 amide bonds. The lowest BCUT2D eigenvalue weighted by Crippen LogP contribution is -2.35. The highest BCUT2D eigenvalue weighted by Crippen LogP contribution is 2.32. The topological polar surface area (TPSA) is 82.5 Å². The Morgan fingerprint density at radius 1 is 1.25 bits per heavy atom. The standard InChI is InChI=1S/C26H26BrClFN3O3S/c1-15-24(20-12-17(27)3-6-22(20)31-25(15)32-8-10-36-11-9-32)26(35)30-14-16(2-7-23(33)34)19-13-18(29)4-5-21(19)28/h3-6,12-13,16H,2,7-11,14H2,1H3,(H,30,35)(H,33,34). The number of carboxylic acids is 1. The molecule has 2 N–H and O–H groups in total. The Bertz CT molecular complexity index is 1300. The van der Waals surface area contributed by atoms with E-state index in [2.05, 4.69) is 26.1 Å². The Balaban J connectivity index is 1.68. The molecule has 1 atom stereocenters. The summed E-state index contributed by atoms with van der Waals surface area (Å²) < 4.78 is 14.8. The zero-order valence-electron chi connectivity index (χ0n) is 19.7. The lowest BCUT2D eigenvalue weighted by Gasteiger charge is -2.30. The Labute approximate surface area is 226 Å². The van der Waals surface area contributed by atoms with E-state index in [0.717, 1.165) is 51.4 Å². The Hall–Kier alpha value is -2.36. The third-order valence-electron chi connectivity index (χ3n) is 6.32. The van der Waals surface area contributed by atoms with Gasteiger partial charge < -0.3 is 15.3 Å². The van der Waals surface area contributed by atoms with Gasteiger partial charge in [-0.05, 0) is 55.3 Å². The van der Waals surface area contributed by atoms with Crippen molar-refractivity contribution in [2.24, 2.45) is 0 Å². The number of rotatable bonds is 8. The monoisotopic (exact) mass is 593 g/mol. The van der Waals surface area contributed by atoms with Gasteiger partial charge in [0.15, 0.2) is 0 Å². The number of anilines is 1. The number of pyridine rings is 1. The third kappa shape index (κ3) is 6.12. The summed E-state index contributed by atoms with van der Waals surface area (Å²) in [4.78, 5) is 32.0. The molecule has 0 saturated carbocycles. The lowest BCUT2D eigenvalue weighted by atomic mass is 9.93. The summed E-state index contributed by atoms with van der Waals surface area (Å²) >= 11 is 11.7. The molecule has 0 spiro atoms. The molecule has 0 aliphatic carbocycles. The third-order valence-corrected chi connectivity index (χ3v) is 8.10. The number of amides is 1. The maximum atomic E-state index is 14.0. The van der Waals surface area contributed by atoms with Gasteiger partial charge in [-0.25, -0.2) is 9.37 Å². The molecular weight excluding hydrogens is 569 g/mol. The first kappa shape index (κ1) is 26.7. The molecule has 0 bridgehead atoms. The van der Waals surface area contributed by atoms with Crippen LogP contribution in [-0.4, -0.2) is 53.1 Å². The van der Waals surface area contributed by atoms with Gasteiger partial charge in [-0.3, -0.25) is 9.59 Å². The normalized spacial score (nSPS) is 14.6. The van der Waals surface area contributed by atoms with Gasteiger partial charge in [-0.1, -0.05) is 27.5 Å². The van der Waals surface area contributed by atoms with Gasteiger partial charge in [0.25, 0.3) is 5.91 Å². The van der Waals surface area contributed by atoms with Crippen LogP contribution in [0.4, 0.5) is 10.2 Å². The molecule has 1 saturated heterocycles. The lowest BCUT2D eigenvalue weighted by molar-refractivity contribution is -0.137. The SMILES string of the molecule is Cc1c(N2CCSCC2)nc2ccc(Br)cc2c1C(=O)NCC(CCC(=O)O)c1cc(F)ccc1Cl. The van der Waals surface area contributed by atoms with Crippen LogP contribution in [0, 0.1) is 12.7 Å². The molecule has 1 fully saturated rings. The van der Waals surface area contributed by atoms with Crippen LogP contribution in [0.5, 0.6) is 0 Å². The summed E-state index contributed by atoms with van der Waals surface area (Å²) in [6, 6.07) is 9.67. The average Bonchev–Trinajstić information content (AvgIpc) is 2.85. The molecule has 190 valence electrons. The van der Waals surface area contributed by atoms with Gasteiger partial charge in [0.1, 0.15) is 11.6 Å². The Kier molecular flexibility index (Phi) is 8.74. The number of aliphatic carboxylic acids is 1. The van der Waals surface area contributed by atoms with E-state index in [1.54, 1.807) is 0 Å².